The number of anilines is 2. The van der Waals surface area contributed by atoms with Crippen molar-refractivity contribution >= 4 is 17.3 Å². The van der Waals surface area contributed by atoms with Crippen molar-refractivity contribution in [2.75, 3.05) is 23.8 Å². The molecule has 0 atom stereocenters. The number of carbonyl (C=O) groups is 1. The quantitative estimate of drug-likeness (QED) is 0.866. The van der Waals surface area contributed by atoms with Crippen molar-refractivity contribution < 1.29 is 9.53 Å². The molecule has 1 aliphatic rings. The first-order valence-electron chi connectivity index (χ1n) is 6.92. The summed E-state index contributed by atoms with van der Waals surface area (Å²) in [5, 5.41) is 4.22. The van der Waals surface area contributed by atoms with Gasteiger partial charge in [-0.25, -0.2) is 0 Å². The Labute approximate surface area is 123 Å². The topological polar surface area (TPSA) is 73.4 Å². The number of nitrogens with zero attached hydrogens (tertiary/aromatic N) is 3. The van der Waals surface area contributed by atoms with Gasteiger partial charge in [0.2, 0.25) is 0 Å². The number of nitrogen functional groups attached to an aromatic ring is 1. The minimum atomic E-state index is -0.145. The number of hydrogen-bond acceptors (Lipinski definition) is 4. The zero-order chi connectivity index (χ0) is 15.0. The average molecular weight is 286 g/mol. The minimum absolute atomic E-state index is 0.145. The molecule has 1 aromatic carbocycles. The van der Waals surface area contributed by atoms with Crippen molar-refractivity contribution in [2.45, 2.75) is 13.3 Å². The highest BCUT2D eigenvalue weighted by atomic mass is 16.5. The maximum Gasteiger partial charge on any atom is 0.278 e. The first-order valence-corrected chi connectivity index (χ1v) is 6.92. The molecule has 110 valence electrons. The molecule has 1 aliphatic heterocycles. The van der Waals surface area contributed by atoms with Crippen molar-refractivity contribution in [3.05, 3.63) is 35.7 Å². The van der Waals surface area contributed by atoms with Gasteiger partial charge in [0.25, 0.3) is 5.91 Å². The summed E-state index contributed by atoms with van der Waals surface area (Å²) >= 11 is 0. The molecule has 6 heteroatoms. The fourth-order valence-corrected chi connectivity index (χ4v) is 2.59. The van der Waals surface area contributed by atoms with E-state index in [0.717, 1.165) is 17.9 Å². The van der Waals surface area contributed by atoms with Crippen LogP contribution >= 0.6 is 0 Å². The minimum Gasteiger partial charge on any atom is -0.491 e. The van der Waals surface area contributed by atoms with Crippen molar-refractivity contribution in [3.8, 4) is 5.75 Å². The van der Waals surface area contributed by atoms with Crippen molar-refractivity contribution in [2.24, 2.45) is 7.05 Å². The van der Waals surface area contributed by atoms with Crippen LogP contribution in [-0.4, -0.2) is 28.8 Å². The number of aromatic nitrogens is 2. The van der Waals surface area contributed by atoms with Crippen molar-refractivity contribution in [1.82, 2.24) is 9.78 Å². The molecule has 1 amide bonds. The van der Waals surface area contributed by atoms with Crippen LogP contribution in [0.4, 0.5) is 11.4 Å². The zero-order valence-electron chi connectivity index (χ0n) is 12.2. The predicted molar refractivity (Wildman–Crippen MR) is 80.6 cm³/mol. The molecule has 0 unspecified atom stereocenters. The van der Waals surface area contributed by atoms with E-state index in [1.807, 2.05) is 24.3 Å². The molecule has 0 aliphatic carbocycles. The van der Waals surface area contributed by atoms with Gasteiger partial charge in [-0.1, -0.05) is 12.1 Å². The summed E-state index contributed by atoms with van der Waals surface area (Å²) in [5.41, 5.74) is 8.31. The smallest absolute Gasteiger partial charge is 0.278 e. The second-order valence-electron chi connectivity index (χ2n) is 5.10. The van der Waals surface area contributed by atoms with Crippen LogP contribution in [-0.2, 0) is 7.05 Å². The first kappa shape index (κ1) is 13.5. The van der Waals surface area contributed by atoms with Gasteiger partial charge < -0.3 is 15.4 Å². The van der Waals surface area contributed by atoms with E-state index in [4.69, 9.17) is 10.5 Å². The average Bonchev–Trinajstić information content (AvgIpc) is 2.66. The van der Waals surface area contributed by atoms with Gasteiger partial charge in [-0.05, 0) is 25.5 Å². The van der Waals surface area contributed by atoms with E-state index in [2.05, 4.69) is 5.10 Å². The molecule has 2 N–H and O–H groups in total. The summed E-state index contributed by atoms with van der Waals surface area (Å²) in [5.74, 6) is 0.578. The number of ether oxygens (including phenoxy) is 1. The second-order valence-corrected chi connectivity index (χ2v) is 5.10. The largest absolute Gasteiger partial charge is 0.491 e. The Morgan fingerprint density at radius 3 is 2.86 bits per heavy atom. The Morgan fingerprint density at radius 1 is 1.38 bits per heavy atom. The Balaban J connectivity index is 2.05. The zero-order valence-corrected chi connectivity index (χ0v) is 12.2. The van der Waals surface area contributed by atoms with Gasteiger partial charge in [-0.3, -0.25) is 9.48 Å². The summed E-state index contributed by atoms with van der Waals surface area (Å²) in [7, 11) is 1.73. The predicted octanol–water partition coefficient (Wildman–Crippen LogP) is 1.74. The number of rotatable bonds is 1. The SMILES string of the molecule is Cc1nn(C)c(C(=O)N2CCCOc3ccccc32)c1N. The monoisotopic (exact) mass is 286 g/mol. The molecule has 0 radical (unpaired) electrons. The molecular formula is C15H18N4O2. The van der Waals surface area contributed by atoms with E-state index in [1.165, 1.54) is 0 Å². The van der Waals surface area contributed by atoms with E-state index in [-0.39, 0.29) is 5.91 Å². The number of nitrogens with two attached hydrogens (primary N) is 1. The number of benzene rings is 1. The van der Waals surface area contributed by atoms with Crippen LogP contribution in [0.3, 0.4) is 0 Å². The number of hydrogen-bond donors (Lipinski definition) is 1. The molecule has 21 heavy (non-hydrogen) atoms. The lowest BCUT2D eigenvalue weighted by molar-refractivity contribution is 0.0979. The molecule has 6 nitrogen and oxygen atoms in total. The van der Waals surface area contributed by atoms with E-state index >= 15 is 0 Å². The van der Waals surface area contributed by atoms with Gasteiger partial charge in [0, 0.05) is 13.6 Å². The Hall–Kier alpha value is -2.50. The number of para-hydroxylation sites is 2. The van der Waals surface area contributed by atoms with Crippen LogP contribution in [0.2, 0.25) is 0 Å². The van der Waals surface area contributed by atoms with Crippen LogP contribution in [0, 0.1) is 6.92 Å². The first-order chi connectivity index (χ1) is 10.1. The van der Waals surface area contributed by atoms with Gasteiger partial charge in [0.15, 0.2) is 0 Å². The summed E-state index contributed by atoms with van der Waals surface area (Å²) in [6.45, 7) is 2.99. The number of fused-ring (bicyclic) bond motifs is 1. The second kappa shape index (κ2) is 5.12. The highest BCUT2D eigenvalue weighted by Crippen LogP contribution is 2.32. The summed E-state index contributed by atoms with van der Waals surface area (Å²) < 4.78 is 7.23. The number of aryl methyl sites for hydroxylation is 2. The number of amides is 1. The summed E-state index contributed by atoms with van der Waals surface area (Å²) in [6.07, 6.45) is 0.775. The van der Waals surface area contributed by atoms with Gasteiger partial charge >= 0.3 is 0 Å². The third-order valence-corrected chi connectivity index (χ3v) is 3.66. The molecule has 0 spiro atoms. The van der Waals surface area contributed by atoms with E-state index in [9.17, 15) is 4.79 Å². The fraction of sp³-hybridized carbons (Fsp3) is 0.333. The lowest BCUT2D eigenvalue weighted by atomic mass is 10.2. The maximum absolute atomic E-state index is 12.9. The fourth-order valence-electron chi connectivity index (χ4n) is 2.59. The highest BCUT2D eigenvalue weighted by Gasteiger charge is 2.27. The van der Waals surface area contributed by atoms with Crippen LogP contribution < -0.4 is 15.4 Å². The molecule has 1 aromatic heterocycles. The molecule has 2 aromatic rings. The van der Waals surface area contributed by atoms with Crippen LogP contribution in [0.1, 0.15) is 22.6 Å². The molecule has 0 saturated heterocycles. The Kier molecular flexibility index (Phi) is 3.29. The highest BCUT2D eigenvalue weighted by molar-refractivity contribution is 6.09. The molecule has 3 rings (SSSR count). The van der Waals surface area contributed by atoms with Crippen molar-refractivity contribution in [1.29, 1.82) is 0 Å². The van der Waals surface area contributed by atoms with Gasteiger partial charge in [-0.2, -0.15) is 5.10 Å². The van der Waals surface area contributed by atoms with Gasteiger partial charge in [0.05, 0.1) is 23.7 Å². The van der Waals surface area contributed by atoms with Crippen LogP contribution in [0.25, 0.3) is 0 Å². The molecular weight excluding hydrogens is 268 g/mol. The molecule has 0 bridgehead atoms. The lowest BCUT2D eigenvalue weighted by Crippen LogP contribution is -2.33. The van der Waals surface area contributed by atoms with Crippen LogP contribution in [0.15, 0.2) is 24.3 Å². The summed E-state index contributed by atoms with van der Waals surface area (Å²) in [4.78, 5) is 14.6. The van der Waals surface area contributed by atoms with Crippen LogP contribution in [0.5, 0.6) is 5.75 Å². The summed E-state index contributed by atoms with van der Waals surface area (Å²) in [6, 6.07) is 7.55. The Bertz CT molecular complexity index is 693. The third kappa shape index (κ3) is 2.22. The molecule has 2 heterocycles. The molecule has 0 fully saturated rings. The van der Waals surface area contributed by atoms with E-state index in [0.29, 0.717) is 30.2 Å². The lowest BCUT2D eigenvalue weighted by Gasteiger charge is -2.21. The van der Waals surface area contributed by atoms with E-state index < -0.39 is 0 Å². The Morgan fingerprint density at radius 2 is 2.14 bits per heavy atom. The molecule has 0 saturated carbocycles. The van der Waals surface area contributed by atoms with Gasteiger partial charge in [0.1, 0.15) is 11.4 Å². The van der Waals surface area contributed by atoms with E-state index in [1.54, 1.807) is 23.6 Å². The standard InChI is InChI=1S/C15H18N4O2/c1-10-13(16)14(18(2)17-10)15(20)19-8-5-9-21-12-7-4-3-6-11(12)19/h3-4,6-7H,5,8-9,16H2,1-2H3. The third-order valence-electron chi connectivity index (χ3n) is 3.66. The van der Waals surface area contributed by atoms with Crippen molar-refractivity contribution in [3.63, 3.8) is 0 Å². The normalized spacial score (nSPS) is 14.3. The van der Waals surface area contributed by atoms with Gasteiger partial charge in [-0.15, -0.1) is 0 Å². The number of carbonyl (C=O) groups excluding carboxylic acids is 1. The maximum atomic E-state index is 12.9.